The van der Waals surface area contributed by atoms with E-state index in [1.807, 2.05) is 6.07 Å². The summed E-state index contributed by atoms with van der Waals surface area (Å²) in [5.74, 6) is 0.787. The van der Waals surface area contributed by atoms with Gasteiger partial charge in [-0.25, -0.2) is 0 Å². The molecule has 0 saturated carbocycles. The van der Waals surface area contributed by atoms with Crippen LogP contribution >= 0.6 is 7.26 Å². The van der Waals surface area contributed by atoms with Crippen molar-refractivity contribution in [3.63, 3.8) is 0 Å². The fourth-order valence-corrected chi connectivity index (χ4v) is 9.71. The zero-order chi connectivity index (χ0) is 23.6. The van der Waals surface area contributed by atoms with Crippen molar-refractivity contribution in [2.75, 3.05) is 24.2 Å². The van der Waals surface area contributed by atoms with Gasteiger partial charge >= 0.3 is 204 Å². The van der Waals surface area contributed by atoms with Gasteiger partial charge in [-0.2, -0.15) is 0 Å². The third-order valence-electron chi connectivity index (χ3n) is 6.57. The van der Waals surface area contributed by atoms with E-state index in [0.29, 0.717) is 18.0 Å². The Labute approximate surface area is 204 Å². The van der Waals surface area contributed by atoms with E-state index in [1.165, 1.54) is 34.9 Å². The first-order valence-electron chi connectivity index (χ1n) is 12.1. The molecule has 0 aliphatic heterocycles. The average Bonchev–Trinajstić information content (AvgIpc) is 2.89. The molecule has 0 fully saturated rings. The number of ether oxygens (including phenoxy) is 1. The van der Waals surface area contributed by atoms with Crippen LogP contribution in [0.2, 0.25) is 0 Å². The van der Waals surface area contributed by atoms with Gasteiger partial charge in [0.1, 0.15) is 0 Å². The third-order valence-corrected chi connectivity index (χ3v) is 11.6. The maximum atomic E-state index is 5.87. The topological polar surface area (TPSA) is 61.3 Å². The molecule has 176 valence electrons. The summed E-state index contributed by atoms with van der Waals surface area (Å²) in [6.45, 7) is 0.696. The van der Waals surface area contributed by atoms with Gasteiger partial charge in [-0.3, -0.25) is 0 Å². The normalized spacial score (nSPS) is 11.8. The Morgan fingerprint density at radius 1 is 0.529 bits per heavy atom. The molecule has 34 heavy (non-hydrogen) atoms. The van der Waals surface area contributed by atoms with Crippen molar-refractivity contribution in [2.24, 2.45) is 0 Å². The van der Waals surface area contributed by atoms with E-state index in [-0.39, 0.29) is 0 Å². The molecule has 0 spiro atoms. The van der Waals surface area contributed by atoms with Crippen LogP contribution in [0.5, 0.6) is 5.75 Å². The molecular weight excluding hydrogens is 435 g/mol. The number of anilines is 2. The summed E-state index contributed by atoms with van der Waals surface area (Å²) in [7, 11) is -2.11. The van der Waals surface area contributed by atoms with Gasteiger partial charge in [0.2, 0.25) is 0 Å². The summed E-state index contributed by atoms with van der Waals surface area (Å²) < 4.78 is 5.87. The molecule has 0 atom stereocenters. The van der Waals surface area contributed by atoms with E-state index >= 15 is 0 Å². The van der Waals surface area contributed by atoms with Crippen LogP contribution in [-0.4, -0.2) is 12.8 Å². The average molecular weight is 471 g/mol. The van der Waals surface area contributed by atoms with E-state index in [1.54, 1.807) is 12.1 Å². The third kappa shape index (κ3) is 5.61. The monoisotopic (exact) mass is 470 g/mol. The standard InChI is InChI=1S/C30H35N2OP/c31-29-21-20-25(24-30(29)32)33-22-12-1-2-13-23-34(26-14-6-3-7-15-26,27-16-8-4-9-17-27)28-18-10-5-11-19-28/h3-11,14-21,24,34H,1-2,12-13,22-23,31-32H2. The summed E-state index contributed by atoms with van der Waals surface area (Å²) in [6.07, 6.45) is 5.75. The Kier molecular flexibility index (Phi) is 8.22. The van der Waals surface area contributed by atoms with Crippen LogP contribution in [0.1, 0.15) is 25.7 Å². The van der Waals surface area contributed by atoms with Crippen LogP contribution in [0.15, 0.2) is 109 Å². The van der Waals surface area contributed by atoms with Crippen LogP contribution < -0.4 is 32.1 Å². The Morgan fingerprint density at radius 2 is 1.03 bits per heavy atom. The van der Waals surface area contributed by atoms with Crippen molar-refractivity contribution < 1.29 is 4.74 Å². The Bertz CT molecular complexity index is 1050. The molecule has 0 heterocycles. The summed E-state index contributed by atoms with van der Waals surface area (Å²) in [5, 5.41) is 4.45. The maximum absolute atomic E-state index is 5.87. The van der Waals surface area contributed by atoms with Gasteiger partial charge in [-0.05, 0) is 0 Å². The molecule has 0 aliphatic rings. The van der Waals surface area contributed by atoms with Crippen molar-refractivity contribution in [3.8, 4) is 5.75 Å². The van der Waals surface area contributed by atoms with Gasteiger partial charge in [0, 0.05) is 0 Å². The van der Waals surface area contributed by atoms with Gasteiger partial charge in [0.15, 0.2) is 0 Å². The van der Waals surface area contributed by atoms with Crippen LogP contribution in [0.4, 0.5) is 11.4 Å². The van der Waals surface area contributed by atoms with Crippen molar-refractivity contribution in [2.45, 2.75) is 25.7 Å². The fraction of sp³-hybridized carbons (Fsp3) is 0.200. The molecule has 4 N–H and O–H groups in total. The Balaban J connectivity index is 1.44. The number of nitrogen functional groups attached to an aromatic ring is 2. The second-order valence-corrected chi connectivity index (χ2v) is 12.8. The van der Waals surface area contributed by atoms with Gasteiger partial charge in [-0.15, -0.1) is 0 Å². The van der Waals surface area contributed by atoms with Crippen LogP contribution in [-0.2, 0) is 0 Å². The van der Waals surface area contributed by atoms with E-state index in [4.69, 9.17) is 16.2 Å². The van der Waals surface area contributed by atoms with E-state index in [9.17, 15) is 0 Å². The van der Waals surface area contributed by atoms with Gasteiger partial charge in [0.05, 0.1) is 0 Å². The van der Waals surface area contributed by atoms with E-state index < -0.39 is 7.26 Å². The van der Waals surface area contributed by atoms with Crippen molar-refractivity contribution in [3.05, 3.63) is 109 Å². The van der Waals surface area contributed by atoms with Gasteiger partial charge in [0.25, 0.3) is 0 Å². The molecule has 0 bridgehead atoms. The minimum atomic E-state index is -2.11. The number of hydrogen-bond acceptors (Lipinski definition) is 3. The first-order chi connectivity index (χ1) is 16.7. The van der Waals surface area contributed by atoms with Crippen LogP contribution in [0, 0.1) is 0 Å². The SMILES string of the molecule is Nc1ccc(OCCCCCC[PH](c2ccccc2)(c2ccccc2)c2ccccc2)cc1N. The fourth-order valence-electron chi connectivity index (χ4n) is 4.78. The number of benzene rings is 4. The molecule has 0 radical (unpaired) electrons. The molecule has 0 saturated heterocycles. The molecule has 4 heteroatoms. The van der Waals surface area contributed by atoms with Gasteiger partial charge in [-0.1, -0.05) is 0 Å². The Morgan fingerprint density at radius 3 is 1.53 bits per heavy atom. The summed E-state index contributed by atoms with van der Waals surface area (Å²) in [5.41, 5.74) is 12.8. The number of rotatable bonds is 11. The second-order valence-electron chi connectivity index (χ2n) is 8.81. The van der Waals surface area contributed by atoms with Crippen LogP contribution in [0.3, 0.4) is 0 Å². The van der Waals surface area contributed by atoms with Crippen molar-refractivity contribution >= 4 is 34.6 Å². The summed E-state index contributed by atoms with van der Waals surface area (Å²) in [4.78, 5) is 0. The van der Waals surface area contributed by atoms with Gasteiger partial charge < -0.3 is 0 Å². The minimum absolute atomic E-state index is 0.571. The summed E-state index contributed by atoms with van der Waals surface area (Å²) in [6, 6.07) is 38.9. The molecule has 0 unspecified atom stereocenters. The second kappa shape index (κ2) is 11.7. The molecule has 4 aromatic rings. The van der Waals surface area contributed by atoms with Crippen molar-refractivity contribution in [1.29, 1.82) is 0 Å². The van der Waals surface area contributed by atoms with E-state index in [2.05, 4.69) is 91.0 Å². The zero-order valence-corrected chi connectivity index (χ0v) is 20.7. The molecule has 3 nitrogen and oxygen atoms in total. The predicted octanol–water partition coefficient (Wildman–Crippen LogP) is 5.52. The molecule has 0 amide bonds. The first-order valence-corrected chi connectivity index (χ1v) is 14.4. The molecule has 4 rings (SSSR count). The molecular formula is C30H35N2OP. The first kappa shape index (κ1) is 23.9. The van der Waals surface area contributed by atoms with E-state index in [0.717, 1.165) is 18.6 Å². The zero-order valence-electron chi connectivity index (χ0n) is 19.7. The quantitative estimate of drug-likeness (QED) is 0.172. The molecule has 4 aromatic carbocycles. The van der Waals surface area contributed by atoms with Crippen LogP contribution in [0.25, 0.3) is 0 Å². The summed E-state index contributed by atoms with van der Waals surface area (Å²) >= 11 is 0. The number of unbranched alkanes of at least 4 members (excludes halogenated alkanes) is 3. The van der Waals surface area contributed by atoms with Crippen molar-refractivity contribution in [1.82, 2.24) is 0 Å². The number of hydrogen-bond donors (Lipinski definition) is 2. The molecule has 0 aliphatic carbocycles. The number of nitrogens with two attached hydrogens (primary N) is 2. The predicted molar refractivity (Wildman–Crippen MR) is 151 cm³/mol. The Hall–Kier alpha value is -3.29. The molecule has 0 aromatic heterocycles.